The van der Waals surface area contributed by atoms with Gasteiger partial charge in [0.2, 0.25) is 0 Å². The third-order valence-electron chi connectivity index (χ3n) is 2.47. The number of halogens is 1. The number of likely N-dealkylation sites (N-methyl/N-ethyl adjacent to an activating group) is 1. The Balaban J connectivity index is 2.80. The van der Waals surface area contributed by atoms with Gasteiger partial charge < -0.3 is 10.2 Å². The highest BCUT2D eigenvalue weighted by Gasteiger charge is 2.09. The Morgan fingerprint density at radius 2 is 1.87 bits per heavy atom. The molecule has 0 spiro atoms. The van der Waals surface area contributed by atoms with Crippen molar-refractivity contribution in [3.63, 3.8) is 0 Å². The lowest BCUT2D eigenvalue weighted by molar-refractivity contribution is -0.870. The van der Waals surface area contributed by atoms with E-state index in [0.717, 1.165) is 23.0 Å². The fourth-order valence-corrected chi connectivity index (χ4v) is 1.72. The second-order valence-corrected chi connectivity index (χ2v) is 5.48. The molecule has 1 aromatic carbocycles. The zero-order chi connectivity index (χ0) is 11.6. The topological polar surface area (TPSA) is 26.0 Å². The molecule has 84 valence electrons. The van der Waals surface area contributed by atoms with Gasteiger partial charge in [0.25, 0.3) is 0 Å². The minimum Gasteiger partial charge on any atom is -0.397 e. The van der Waals surface area contributed by atoms with Crippen molar-refractivity contribution in [2.24, 2.45) is 0 Å². The van der Waals surface area contributed by atoms with E-state index in [9.17, 15) is 0 Å². The summed E-state index contributed by atoms with van der Waals surface area (Å²) in [5, 5.41) is 0.673. The van der Waals surface area contributed by atoms with E-state index >= 15 is 0 Å². The number of aryl methyl sites for hydroxylation is 1. The van der Waals surface area contributed by atoms with Crippen LogP contribution < -0.4 is 5.73 Å². The lowest BCUT2D eigenvalue weighted by Gasteiger charge is -2.24. The second-order valence-electron chi connectivity index (χ2n) is 5.07. The molecule has 0 bridgehead atoms. The first kappa shape index (κ1) is 12.3. The maximum Gasteiger partial charge on any atom is 0.0821 e. The van der Waals surface area contributed by atoms with Crippen molar-refractivity contribution in [1.82, 2.24) is 0 Å². The number of anilines is 1. The Morgan fingerprint density at radius 3 is 2.33 bits per heavy atom. The predicted octanol–water partition coefficient (Wildman–Crippen LogP) is 2.48. The van der Waals surface area contributed by atoms with Crippen LogP contribution in [0.3, 0.4) is 0 Å². The molecule has 0 saturated heterocycles. The van der Waals surface area contributed by atoms with Crippen LogP contribution in [-0.4, -0.2) is 32.2 Å². The Morgan fingerprint density at radius 1 is 1.27 bits per heavy atom. The van der Waals surface area contributed by atoms with Gasteiger partial charge in [-0.2, -0.15) is 0 Å². The van der Waals surface area contributed by atoms with Crippen molar-refractivity contribution in [3.05, 3.63) is 28.3 Å². The molecule has 0 aromatic heterocycles. The first-order chi connectivity index (χ1) is 6.79. The number of rotatable bonds is 3. The SMILES string of the molecule is Cc1cc(CC[N+](C)(C)C)cc(Cl)c1N. The number of hydrogen-bond acceptors (Lipinski definition) is 1. The minimum atomic E-state index is 0.673. The molecule has 0 radical (unpaired) electrons. The summed E-state index contributed by atoms with van der Waals surface area (Å²) in [6.07, 6.45) is 1.03. The van der Waals surface area contributed by atoms with E-state index < -0.39 is 0 Å². The van der Waals surface area contributed by atoms with Gasteiger partial charge >= 0.3 is 0 Å². The zero-order valence-electron chi connectivity index (χ0n) is 9.97. The first-order valence-corrected chi connectivity index (χ1v) is 5.52. The number of quaternary nitrogens is 1. The summed E-state index contributed by atoms with van der Waals surface area (Å²) >= 11 is 6.04. The fourth-order valence-electron chi connectivity index (χ4n) is 1.44. The monoisotopic (exact) mass is 227 g/mol. The van der Waals surface area contributed by atoms with Crippen molar-refractivity contribution >= 4 is 17.3 Å². The van der Waals surface area contributed by atoms with Crippen molar-refractivity contribution in [1.29, 1.82) is 0 Å². The van der Waals surface area contributed by atoms with Crippen molar-refractivity contribution in [2.75, 3.05) is 33.4 Å². The Hall–Kier alpha value is -0.730. The molecule has 0 aliphatic heterocycles. The van der Waals surface area contributed by atoms with Crippen LogP contribution in [0.4, 0.5) is 5.69 Å². The summed E-state index contributed by atoms with van der Waals surface area (Å²) in [5.74, 6) is 0. The highest BCUT2D eigenvalue weighted by molar-refractivity contribution is 6.33. The molecule has 15 heavy (non-hydrogen) atoms. The first-order valence-electron chi connectivity index (χ1n) is 5.14. The number of nitrogen functional groups attached to an aromatic ring is 1. The Kier molecular flexibility index (Phi) is 3.63. The maximum atomic E-state index is 6.04. The molecule has 0 aliphatic rings. The fraction of sp³-hybridized carbons (Fsp3) is 0.500. The standard InChI is InChI=1S/C12H20ClN2/c1-9-7-10(5-6-15(2,3)4)8-11(13)12(9)14/h7-8H,5-6,14H2,1-4H3/q+1. The van der Waals surface area contributed by atoms with E-state index in [4.69, 9.17) is 17.3 Å². The van der Waals surface area contributed by atoms with E-state index in [1.807, 2.05) is 13.0 Å². The number of hydrogen-bond donors (Lipinski definition) is 1. The average Bonchev–Trinajstić information content (AvgIpc) is 2.09. The molecule has 2 N–H and O–H groups in total. The molecule has 0 saturated carbocycles. The molecule has 1 rings (SSSR count). The van der Waals surface area contributed by atoms with Crippen LogP contribution in [0.25, 0.3) is 0 Å². The van der Waals surface area contributed by atoms with Gasteiger partial charge in [0.05, 0.1) is 38.4 Å². The third kappa shape index (κ3) is 3.73. The van der Waals surface area contributed by atoms with Crippen LogP contribution in [0.2, 0.25) is 5.02 Å². The molecular formula is C12H20ClN2+. The summed E-state index contributed by atoms with van der Waals surface area (Å²) < 4.78 is 0.959. The molecule has 0 fully saturated rings. The molecule has 1 aromatic rings. The minimum absolute atomic E-state index is 0.673. The van der Waals surface area contributed by atoms with Gasteiger partial charge in [0, 0.05) is 6.42 Å². The van der Waals surface area contributed by atoms with Crippen LogP contribution in [-0.2, 0) is 6.42 Å². The molecule has 0 amide bonds. The van der Waals surface area contributed by atoms with E-state index in [1.165, 1.54) is 5.56 Å². The second kappa shape index (κ2) is 4.42. The van der Waals surface area contributed by atoms with E-state index in [-0.39, 0.29) is 0 Å². The largest absolute Gasteiger partial charge is 0.397 e. The number of benzene rings is 1. The third-order valence-corrected chi connectivity index (χ3v) is 2.78. The highest BCUT2D eigenvalue weighted by atomic mass is 35.5. The van der Waals surface area contributed by atoms with E-state index in [1.54, 1.807) is 0 Å². The Labute approximate surface area is 97.2 Å². The number of nitrogens with zero attached hydrogens (tertiary/aromatic N) is 1. The molecular weight excluding hydrogens is 208 g/mol. The molecule has 2 nitrogen and oxygen atoms in total. The van der Waals surface area contributed by atoms with Crippen LogP contribution in [0, 0.1) is 6.92 Å². The van der Waals surface area contributed by atoms with Gasteiger partial charge in [0.1, 0.15) is 0 Å². The van der Waals surface area contributed by atoms with Gasteiger partial charge in [-0.25, -0.2) is 0 Å². The summed E-state index contributed by atoms with van der Waals surface area (Å²) in [6, 6.07) is 4.09. The zero-order valence-corrected chi connectivity index (χ0v) is 10.7. The van der Waals surface area contributed by atoms with Crippen LogP contribution in [0.15, 0.2) is 12.1 Å². The number of nitrogens with two attached hydrogens (primary N) is 1. The lowest BCUT2D eigenvalue weighted by atomic mass is 10.1. The highest BCUT2D eigenvalue weighted by Crippen LogP contribution is 2.24. The molecule has 0 heterocycles. The Bertz CT molecular complexity index is 330. The van der Waals surface area contributed by atoms with Crippen molar-refractivity contribution < 1.29 is 4.48 Å². The quantitative estimate of drug-likeness (QED) is 0.623. The average molecular weight is 228 g/mol. The normalized spacial score (nSPS) is 11.8. The molecule has 0 unspecified atom stereocenters. The van der Waals surface area contributed by atoms with Crippen LogP contribution in [0.5, 0.6) is 0 Å². The van der Waals surface area contributed by atoms with Crippen molar-refractivity contribution in [3.8, 4) is 0 Å². The van der Waals surface area contributed by atoms with Gasteiger partial charge in [-0.15, -0.1) is 0 Å². The summed E-state index contributed by atoms with van der Waals surface area (Å²) in [6.45, 7) is 3.09. The van der Waals surface area contributed by atoms with Gasteiger partial charge in [-0.05, 0) is 24.1 Å². The van der Waals surface area contributed by atoms with Crippen LogP contribution in [0.1, 0.15) is 11.1 Å². The van der Waals surface area contributed by atoms with Crippen molar-refractivity contribution in [2.45, 2.75) is 13.3 Å². The molecule has 0 atom stereocenters. The molecule has 3 heteroatoms. The summed E-state index contributed by atoms with van der Waals surface area (Å²) in [7, 11) is 6.56. The van der Waals surface area contributed by atoms with Gasteiger partial charge in [-0.1, -0.05) is 17.7 Å². The molecule has 0 aliphatic carbocycles. The van der Waals surface area contributed by atoms with Crippen LogP contribution >= 0.6 is 11.6 Å². The predicted molar refractivity (Wildman–Crippen MR) is 67.2 cm³/mol. The summed E-state index contributed by atoms with van der Waals surface area (Å²) in [5.41, 5.74) is 8.83. The van der Waals surface area contributed by atoms with Gasteiger partial charge in [-0.3, -0.25) is 0 Å². The lowest BCUT2D eigenvalue weighted by Crippen LogP contribution is -2.36. The van der Waals surface area contributed by atoms with Gasteiger partial charge in [0.15, 0.2) is 0 Å². The van der Waals surface area contributed by atoms with E-state index in [2.05, 4.69) is 27.2 Å². The smallest absolute Gasteiger partial charge is 0.0821 e. The maximum absolute atomic E-state index is 6.04. The summed E-state index contributed by atoms with van der Waals surface area (Å²) in [4.78, 5) is 0. The van der Waals surface area contributed by atoms with E-state index in [0.29, 0.717) is 10.7 Å².